The lowest BCUT2D eigenvalue weighted by Crippen LogP contribution is -2.46. The Labute approximate surface area is 125 Å². The van der Waals surface area contributed by atoms with Crippen LogP contribution in [0.1, 0.15) is 26.2 Å². The molecule has 1 saturated heterocycles. The molecular formula is C15H22FN3S. The van der Waals surface area contributed by atoms with Crippen molar-refractivity contribution in [2.45, 2.75) is 32.2 Å². The number of anilines is 1. The third-order valence-corrected chi connectivity index (χ3v) is 3.80. The number of rotatable bonds is 4. The highest BCUT2D eigenvalue weighted by Crippen LogP contribution is 2.14. The van der Waals surface area contributed by atoms with Gasteiger partial charge in [0.15, 0.2) is 5.11 Å². The molecule has 1 aromatic carbocycles. The number of para-hydroxylation sites is 1. The molecule has 0 aromatic heterocycles. The highest BCUT2D eigenvalue weighted by atomic mass is 32.1. The number of hydrogen-bond acceptors (Lipinski definition) is 2. The minimum atomic E-state index is -0.283. The van der Waals surface area contributed by atoms with Crippen molar-refractivity contribution in [3.8, 4) is 0 Å². The topological polar surface area (TPSA) is 27.3 Å². The fraction of sp³-hybridized carbons (Fsp3) is 0.533. The van der Waals surface area contributed by atoms with E-state index < -0.39 is 0 Å². The smallest absolute Gasteiger partial charge is 0.171 e. The maximum atomic E-state index is 13.5. The monoisotopic (exact) mass is 295 g/mol. The summed E-state index contributed by atoms with van der Waals surface area (Å²) in [7, 11) is 0. The first-order valence-corrected chi connectivity index (χ1v) is 7.64. The second kappa shape index (κ2) is 7.55. The molecule has 0 bridgehead atoms. The Bertz CT molecular complexity index is 444. The zero-order chi connectivity index (χ0) is 14.4. The molecule has 1 aliphatic heterocycles. The van der Waals surface area contributed by atoms with E-state index in [1.165, 1.54) is 19.0 Å². The maximum Gasteiger partial charge on any atom is 0.171 e. The summed E-state index contributed by atoms with van der Waals surface area (Å²) in [4.78, 5) is 2.48. The molecule has 1 aromatic rings. The van der Waals surface area contributed by atoms with E-state index in [2.05, 4.69) is 22.5 Å². The molecule has 1 fully saturated rings. The molecule has 0 radical (unpaired) electrons. The van der Waals surface area contributed by atoms with Crippen LogP contribution in [0.5, 0.6) is 0 Å². The van der Waals surface area contributed by atoms with Crippen LogP contribution in [-0.2, 0) is 0 Å². The molecular weight excluding hydrogens is 273 g/mol. The SMILES string of the molecule is CCCN1CCC(NC(=S)Nc2ccccc2F)CC1. The Hall–Kier alpha value is -1.20. The molecule has 3 nitrogen and oxygen atoms in total. The summed E-state index contributed by atoms with van der Waals surface area (Å²) < 4.78 is 13.5. The van der Waals surface area contributed by atoms with Gasteiger partial charge in [0.1, 0.15) is 5.82 Å². The van der Waals surface area contributed by atoms with Gasteiger partial charge in [-0.3, -0.25) is 0 Å². The molecule has 20 heavy (non-hydrogen) atoms. The van der Waals surface area contributed by atoms with Crippen molar-refractivity contribution in [2.24, 2.45) is 0 Å². The minimum absolute atomic E-state index is 0.283. The number of halogens is 1. The molecule has 1 aliphatic rings. The fourth-order valence-electron chi connectivity index (χ4n) is 2.52. The first kappa shape index (κ1) is 15.2. The van der Waals surface area contributed by atoms with Crippen molar-refractivity contribution in [3.63, 3.8) is 0 Å². The lowest BCUT2D eigenvalue weighted by Gasteiger charge is -2.32. The standard InChI is InChI=1S/C15H22FN3S/c1-2-9-19-10-7-12(8-11-19)17-15(20)18-14-6-4-3-5-13(14)16/h3-6,12H,2,7-11H2,1H3,(H2,17,18,20). The molecule has 0 atom stereocenters. The first-order valence-electron chi connectivity index (χ1n) is 7.23. The third kappa shape index (κ3) is 4.42. The number of nitrogens with one attached hydrogen (secondary N) is 2. The predicted molar refractivity (Wildman–Crippen MR) is 85.5 cm³/mol. The molecule has 0 unspecified atom stereocenters. The number of thiocarbonyl (C=S) groups is 1. The Morgan fingerprint density at radius 1 is 1.35 bits per heavy atom. The van der Waals surface area contributed by atoms with Crippen LogP contribution in [0.4, 0.5) is 10.1 Å². The van der Waals surface area contributed by atoms with Crippen LogP contribution in [0, 0.1) is 5.82 Å². The zero-order valence-corrected chi connectivity index (χ0v) is 12.7. The zero-order valence-electron chi connectivity index (χ0n) is 11.9. The van der Waals surface area contributed by atoms with Crippen LogP contribution in [0.25, 0.3) is 0 Å². The molecule has 5 heteroatoms. The number of hydrogen-bond donors (Lipinski definition) is 2. The molecule has 0 amide bonds. The van der Waals surface area contributed by atoms with E-state index in [1.54, 1.807) is 18.2 Å². The van der Waals surface area contributed by atoms with E-state index >= 15 is 0 Å². The third-order valence-electron chi connectivity index (χ3n) is 3.58. The number of nitrogens with zero attached hydrogens (tertiary/aromatic N) is 1. The normalized spacial score (nSPS) is 16.9. The van der Waals surface area contributed by atoms with Crippen LogP contribution in [0.3, 0.4) is 0 Å². The van der Waals surface area contributed by atoms with Crippen LogP contribution in [-0.4, -0.2) is 35.7 Å². The van der Waals surface area contributed by atoms with Gasteiger partial charge >= 0.3 is 0 Å². The van der Waals surface area contributed by atoms with Crippen LogP contribution in [0.15, 0.2) is 24.3 Å². The highest BCUT2D eigenvalue weighted by Gasteiger charge is 2.19. The van der Waals surface area contributed by atoms with Gasteiger partial charge in [0, 0.05) is 19.1 Å². The van der Waals surface area contributed by atoms with Crippen molar-refractivity contribution in [1.82, 2.24) is 10.2 Å². The average molecular weight is 295 g/mol. The molecule has 0 aliphatic carbocycles. The maximum absolute atomic E-state index is 13.5. The summed E-state index contributed by atoms with van der Waals surface area (Å²) in [5.41, 5.74) is 0.424. The molecule has 2 N–H and O–H groups in total. The first-order chi connectivity index (χ1) is 9.69. The van der Waals surface area contributed by atoms with Crippen molar-refractivity contribution < 1.29 is 4.39 Å². The molecule has 0 saturated carbocycles. The largest absolute Gasteiger partial charge is 0.360 e. The fourth-order valence-corrected chi connectivity index (χ4v) is 2.80. The van der Waals surface area contributed by atoms with Gasteiger partial charge in [0.2, 0.25) is 0 Å². The van der Waals surface area contributed by atoms with Crippen LogP contribution >= 0.6 is 12.2 Å². The van der Waals surface area contributed by atoms with Gasteiger partial charge in [-0.2, -0.15) is 0 Å². The Kier molecular flexibility index (Phi) is 5.73. The molecule has 110 valence electrons. The van der Waals surface area contributed by atoms with E-state index in [4.69, 9.17) is 12.2 Å². The van der Waals surface area contributed by atoms with E-state index in [0.29, 0.717) is 16.8 Å². The number of piperidine rings is 1. The van der Waals surface area contributed by atoms with Gasteiger partial charge in [0.25, 0.3) is 0 Å². The van der Waals surface area contributed by atoms with Crippen LogP contribution < -0.4 is 10.6 Å². The lowest BCUT2D eigenvalue weighted by molar-refractivity contribution is 0.207. The summed E-state index contributed by atoms with van der Waals surface area (Å²) in [6.07, 6.45) is 3.36. The minimum Gasteiger partial charge on any atom is -0.360 e. The van der Waals surface area contributed by atoms with Gasteiger partial charge in [-0.25, -0.2) is 4.39 Å². The van der Waals surface area contributed by atoms with Gasteiger partial charge in [0.05, 0.1) is 5.69 Å². The van der Waals surface area contributed by atoms with Crippen LogP contribution in [0.2, 0.25) is 0 Å². The molecule has 1 heterocycles. The summed E-state index contributed by atoms with van der Waals surface area (Å²) >= 11 is 5.25. The van der Waals surface area contributed by atoms with Gasteiger partial charge < -0.3 is 15.5 Å². The van der Waals surface area contributed by atoms with E-state index in [0.717, 1.165) is 25.9 Å². The van der Waals surface area contributed by atoms with Crippen molar-refractivity contribution in [1.29, 1.82) is 0 Å². The van der Waals surface area contributed by atoms with E-state index in [1.807, 2.05) is 0 Å². The Morgan fingerprint density at radius 2 is 2.05 bits per heavy atom. The highest BCUT2D eigenvalue weighted by molar-refractivity contribution is 7.80. The predicted octanol–water partition coefficient (Wildman–Crippen LogP) is 2.99. The number of likely N-dealkylation sites (tertiary alicyclic amines) is 1. The van der Waals surface area contributed by atoms with Crippen molar-refractivity contribution in [3.05, 3.63) is 30.1 Å². The van der Waals surface area contributed by atoms with Crippen molar-refractivity contribution in [2.75, 3.05) is 25.0 Å². The van der Waals surface area contributed by atoms with E-state index in [-0.39, 0.29) is 5.82 Å². The summed E-state index contributed by atoms with van der Waals surface area (Å²) in [5.74, 6) is -0.283. The van der Waals surface area contributed by atoms with Gasteiger partial charge in [-0.1, -0.05) is 19.1 Å². The quantitative estimate of drug-likeness (QED) is 0.835. The van der Waals surface area contributed by atoms with Crippen molar-refractivity contribution >= 4 is 23.0 Å². The number of benzene rings is 1. The summed E-state index contributed by atoms with van der Waals surface area (Å²) in [5, 5.41) is 6.71. The summed E-state index contributed by atoms with van der Waals surface area (Å²) in [6, 6.07) is 6.95. The Morgan fingerprint density at radius 3 is 2.70 bits per heavy atom. The van der Waals surface area contributed by atoms with E-state index in [9.17, 15) is 4.39 Å². The lowest BCUT2D eigenvalue weighted by atomic mass is 10.1. The Balaban J connectivity index is 1.77. The molecule has 2 rings (SSSR count). The average Bonchev–Trinajstić information content (AvgIpc) is 2.44. The second-order valence-electron chi connectivity index (χ2n) is 5.19. The van der Waals surface area contributed by atoms with Gasteiger partial charge in [-0.15, -0.1) is 0 Å². The summed E-state index contributed by atoms with van der Waals surface area (Å²) in [6.45, 7) is 5.59. The molecule has 0 spiro atoms. The second-order valence-corrected chi connectivity index (χ2v) is 5.60. The van der Waals surface area contributed by atoms with Gasteiger partial charge in [-0.05, 0) is 50.2 Å².